The number of aliphatic hydroxyl groups excluding tert-OH is 2. The Morgan fingerprint density at radius 2 is 0.545 bits per heavy atom. The largest absolute Gasteiger partial charge is 0.397 e. The molecule has 4 heteroatoms. The maximum absolute atomic E-state index is 9.35. The van der Waals surface area contributed by atoms with Crippen molar-refractivity contribution in [2.24, 2.45) is 10.8 Å². The first-order chi connectivity index (χ1) is 9.33. The van der Waals surface area contributed by atoms with Gasteiger partial charge in [-0.1, -0.05) is 41.5 Å². The van der Waals surface area contributed by atoms with E-state index in [0.29, 0.717) is 0 Å². The quantitative estimate of drug-likeness (QED) is 0.549. The Morgan fingerprint density at radius 1 is 0.500 bits per heavy atom. The summed E-state index contributed by atoms with van der Waals surface area (Å²) in [5, 5.41) is 33.8. The molecule has 0 saturated heterocycles. The second kappa shape index (κ2) is 12.3. The molecular weight excluding hydrogens is 280 g/mol. The third-order valence-electron chi connectivity index (χ3n) is 3.67. The minimum absolute atomic E-state index is 0.00694. The maximum Gasteiger partial charge on any atom is 0.0639 e. The van der Waals surface area contributed by atoms with Gasteiger partial charge in [0.05, 0.1) is 11.2 Å². The Hall–Kier alpha value is -0.160. The lowest BCUT2D eigenvalue weighted by atomic mass is 9.79. The van der Waals surface area contributed by atoms with E-state index in [0.717, 1.165) is 0 Å². The smallest absolute Gasteiger partial charge is 0.0639 e. The van der Waals surface area contributed by atoms with Crippen molar-refractivity contribution in [1.82, 2.24) is 0 Å². The van der Waals surface area contributed by atoms with Gasteiger partial charge in [-0.2, -0.15) is 0 Å². The topological polar surface area (TPSA) is 80.9 Å². The summed E-state index contributed by atoms with van der Waals surface area (Å²) in [5.41, 5.74) is -1.14. The summed E-state index contributed by atoms with van der Waals surface area (Å²) in [5.74, 6) is 0. The highest BCUT2D eigenvalue weighted by molar-refractivity contribution is 4.81. The summed E-state index contributed by atoms with van der Waals surface area (Å²) in [6.45, 7) is 23.3. The van der Waals surface area contributed by atoms with Gasteiger partial charge >= 0.3 is 0 Å². The average molecular weight is 325 g/mol. The van der Waals surface area contributed by atoms with E-state index in [1.807, 2.05) is 69.2 Å². The number of rotatable bonds is 0. The molecule has 0 unspecified atom stereocenters. The van der Waals surface area contributed by atoms with Gasteiger partial charge in [0.15, 0.2) is 0 Å². The minimum Gasteiger partial charge on any atom is -0.397 e. The summed E-state index contributed by atoms with van der Waals surface area (Å²) in [6, 6.07) is 0. The molecule has 0 spiro atoms. The van der Waals surface area contributed by atoms with Crippen LogP contribution in [0.5, 0.6) is 0 Å². The fraction of sp³-hybridized carbons (Fsp3) is 1.00. The van der Waals surface area contributed by atoms with E-state index in [1.54, 1.807) is 13.8 Å². The fourth-order valence-corrected chi connectivity index (χ4v) is 0. The van der Waals surface area contributed by atoms with Gasteiger partial charge in [-0.25, -0.2) is 0 Å². The zero-order valence-corrected chi connectivity index (χ0v) is 17.2. The first kappa shape index (κ1) is 29.8. The minimum atomic E-state index is -0.562. The Morgan fingerprint density at radius 3 is 0.545 bits per heavy atom. The molecule has 0 saturated carbocycles. The average Bonchev–Trinajstić information content (AvgIpc) is 2.13. The van der Waals surface area contributed by atoms with Crippen LogP contribution in [0.1, 0.15) is 83.1 Å². The van der Waals surface area contributed by atoms with Crippen molar-refractivity contribution in [3.05, 3.63) is 0 Å². The van der Waals surface area contributed by atoms with Crippen molar-refractivity contribution in [1.29, 1.82) is 0 Å². The van der Waals surface area contributed by atoms with Crippen molar-refractivity contribution < 1.29 is 20.4 Å². The predicted molar refractivity (Wildman–Crippen MR) is 97.0 cm³/mol. The molecule has 0 bridgehead atoms. The highest BCUT2D eigenvalue weighted by Gasteiger charge is 2.30. The molecule has 0 aromatic carbocycles. The highest BCUT2D eigenvalue weighted by atomic mass is 16.3. The van der Waals surface area contributed by atoms with Crippen molar-refractivity contribution in [3.8, 4) is 0 Å². The van der Waals surface area contributed by atoms with Gasteiger partial charge in [-0.15, -0.1) is 0 Å². The van der Waals surface area contributed by atoms with Gasteiger partial charge in [-0.05, 0) is 52.4 Å². The van der Waals surface area contributed by atoms with Gasteiger partial charge in [0.1, 0.15) is 0 Å². The lowest BCUT2D eigenvalue weighted by molar-refractivity contribution is -0.0240. The van der Waals surface area contributed by atoms with Crippen LogP contribution in [0.4, 0.5) is 0 Å². The lowest BCUT2D eigenvalue weighted by Gasteiger charge is -2.33. The van der Waals surface area contributed by atoms with Gasteiger partial charge in [-0.3, -0.25) is 0 Å². The highest BCUT2D eigenvalue weighted by Crippen LogP contribution is 2.29. The SMILES string of the molecule is CC(C)(C)C(C)(C)O.CC(C)(C)C(C)(C)O.CCO.CCO. The van der Waals surface area contributed by atoms with Crippen LogP contribution < -0.4 is 0 Å². The monoisotopic (exact) mass is 324 g/mol. The zero-order chi connectivity index (χ0) is 19.4. The number of hydrogen-bond donors (Lipinski definition) is 4. The van der Waals surface area contributed by atoms with Crippen molar-refractivity contribution in [2.45, 2.75) is 94.3 Å². The molecule has 4 nitrogen and oxygen atoms in total. The molecular formula is C18H44O4. The molecule has 0 rings (SSSR count). The molecule has 0 atom stereocenters. The molecule has 140 valence electrons. The van der Waals surface area contributed by atoms with E-state index >= 15 is 0 Å². The molecule has 4 N–H and O–H groups in total. The molecule has 0 radical (unpaired) electrons. The van der Waals surface area contributed by atoms with Crippen LogP contribution in [0.2, 0.25) is 0 Å². The maximum atomic E-state index is 9.35. The van der Waals surface area contributed by atoms with Crippen LogP contribution in [0.3, 0.4) is 0 Å². The Balaban J connectivity index is -0.000000109. The third kappa shape index (κ3) is 22.1. The molecule has 0 aliphatic rings. The van der Waals surface area contributed by atoms with Crippen LogP contribution in [-0.2, 0) is 0 Å². The molecule has 0 aliphatic carbocycles. The fourth-order valence-electron chi connectivity index (χ4n) is 0. The third-order valence-corrected chi connectivity index (χ3v) is 3.67. The Labute approximate surface area is 139 Å². The molecule has 0 heterocycles. The van der Waals surface area contributed by atoms with E-state index in [9.17, 15) is 10.2 Å². The van der Waals surface area contributed by atoms with Gasteiger partial charge < -0.3 is 20.4 Å². The summed E-state index contributed by atoms with van der Waals surface area (Å²) in [7, 11) is 0. The lowest BCUT2D eigenvalue weighted by Crippen LogP contribution is -2.35. The Kier molecular flexibility index (Phi) is 16.6. The summed E-state index contributed by atoms with van der Waals surface area (Å²) in [6.07, 6.45) is 0. The summed E-state index contributed by atoms with van der Waals surface area (Å²) >= 11 is 0. The standard InChI is InChI=1S/2C7H16O.2C2H6O/c2*1-6(2,3)7(4,5)8;2*1-2-3/h2*8H,1-5H3;2*3H,2H2,1H3. The Bertz CT molecular complexity index is 171. The molecule has 0 aromatic rings. The molecule has 0 aromatic heterocycles. The van der Waals surface area contributed by atoms with Crippen LogP contribution in [0.15, 0.2) is 0 Å². The van der Waals surface area contributed by atoms with Gasteiger partial charge in [0, 0.05) is 13.2 Å². The molecule has 0 amide bonds. The van der Waals surface area contributed by atoms with E-state index in [-0.39, 0.29) is 24.0 Å². The van der Waals surface area contributed by atoms with E-state index in [1.165, 1.54) is 0 Å². The summed E-state index contributed by atoms with van der Waals surface area (Å²) < 4.78 is 0. The molecule has 22 heavy (non-hydrogen) atoms. The number of hydrogen-bond acceptors (Lipinski definition) is 4. The molecule has 0 fully saturated rings. The number of aliphatic hydroxyl groups is 4. The summed E-state index contributed by atoms with van der Waals surface area (Å²) in [4.78, 5) is 0. The van der Waals surface area contributed by atoms with Crippen LogP contribution >= 0.6 is 0 Å². The van der Waals surface area contributed by atoms with Crippen molar-refractivity contribution >= 4 is 0 Å². The van der Waals surface area contributed by atoms with E-state index < -0.39 is 11.2 Å². The van der Waals surface area contributed by atoms with Gasteiger partial charge in [0.2, 0.25) is 0 Å². The van der Waals surface area contributed by atoms with Gasteiger partial charge in [0.25, 0.3) is 0 Å². The van der Waals surface area contributed by atoms with Crippen molar-refractivity contribution in [3.63, 3.8) is 0 Å². The second-order valence-electron chi connectivity index (χ2n) is 8.25. The molecule has 0 aliphatic heterocycles. The van der Waals surface area contributed by atoms with Crippen molar-refractivity contribution in [2.75, 3.05) is 13.2 Å². The first-order valence-electron chi connectivity index (χ1n) is 7.99. The normalized spacial score (nSPS) is 12.0. The zero-order valence-electron chi connectivity index (χ0n) is 17.2. The van der Waals surface area contributed by atoms with Crippen LogP contribution in [0, 0.1) is 10.8 Å². The first-order valence-corrected chi connectivity index (χ1v) is 7.99. The van der Waals surface area contributed by atoms with E-state index in [4.69, 9.17) is 10.2 Å². The predicted octanol–water partition coefficient (Wildman–Crippen LogP) is 3.60. The second-order valence-corrected chi connectivity index (χ2v) is 8.25. The van der Waals surface area contributed by atoms with E-state index in [2.05, 4.69) is 0 Å². The van der Waals surface area contributed by atoms with Crippen LogP contribution in [0.25, 0.3) is 0 Å². The van der Waals surface area contributed by atoms with Crippen LogP contribution in [-0.4, -0.2) is 44.8 Å².